The van der Waals surface area contributed by atoms with Gasteiger partial charge in [0.15, 0.2) is 0 Å². The second-order valence-electron chi connectivity index (χ2n) is 4.65. The van der Waals surface area contributed by atoms with Crippen LogP contribution in [0.25, 0.3) is 0 Å². The van der Waals surface area contributed by atoms with Gasteiger partial charge in [0.05, 0.1) is 4.90 Å². The van der Waals surface area contributed by atoms with Crippen molar-refractivity contribution in [3.05, 3.63) is 30.1 Å². The molecular formula is C14H20FNO3S. The summed E-state index contributed by atoms with van der Waals surface area (Å²) in [5.41, 5.74) is 0. The van der Waals surface area contributed by atoms with Crippen molar-refractivity contribution in [2.75, 3.05) is 0 Å². The van der Waals surface area contributed by atoms with Gasteiger partial charge < -0.3 is 0 Å². The quantitative estimate of drug-likeness (QED) is 0.751. The zero-order valence-electron chi connectivity index (χ0n) is 11.6. The average molecular weight is 301 g/mol. The molecule has 0 aliphatic rings. The summed E-state index contributed by atoms with van der Waals surface area (Å²) in [4.78, 5) is 11.5. The highest BCUT2D eigenvalue weighted by atomic mass is 32.2. The van der Waals surface area contributed by atoms with E-state index in [4.69, 9.17) is 0 Å². The molecular weight excluding hydrogens is 281 g/mol. The van der Waals surface area contributed by atoms with Gasteiger partial charge in [0.2, 0.25) is 5.91 Å². The van der Waals surface area contributed by atoms with Crippen molar-refractivity contribution < 1.29 is 17.6 Å². The van der Waals surface area contributed by atoms with Crippen molar-refractivity contribution in [1.29, 1.82) is 0 Å². The van der Waals surface area contributed by atoms with Gasteiger partial charge >= 0.3 is 0 Å². The number of hydrogen-bond donors (Lipinski definition) is 1. The maximum atomic E-state index is 12.7. The first kappa shape index (κ1) is 16.6. The Bertz CT molecular complexity index is 526. The predicted octanol–water partition coefficient (Wildman–Crippen LogP) is 2.99. The van der Waals surface area contributed by atoms with Gasteiger partial charge in [-0.25, -0.2) is 17.5 Å². The predicted molar refractivity (Wildman–Crippen MR) is 75.1 cm³/mol. The summed E-state index contributed by atoms with van der Waals surface area (Å²) in [6, 6.07) is 4.35. The van der Waals surface area contributed by atoms with Crippen LogP contribution < -0.4 is 4.72 Å². The fraction of sp³-hybridized carbons (Fsp3) is 0.500. The third-order valence-electron chi connectivity index (χ3n) is 2.88. The fourth-order valence-corrected chi connectivity index (χ4v) is 2.78. The topological polar surface area (TPSA) is 63.2 Å². The normalized spacial score (nSPS) is 11.3. The van der Waals surface area contributed by atoms with Crippen LogP contribution in [0.4, 0.5) is 4.39 Å². The van der Waals surface area contributed by atoms with Crippen LogP contribution in [0.5, 0.6) is 0 Å². The molecule has 0 saturated carbocycles. The molecule has 0 aliphatic heterocycles. The summed E-state index contributed by atoms with van der Waals surface area (Å²) < 4.78 is 38.4. The molecule has 0 aliphatic carbocycles. The highest BCUT2D eigenvalue weighted by molar-refractivity contribution is 7.90. The van der Waals surface area contributed by atoms with Gasteiger partial charge in [0.1, 0.15) is 5.82 Å². The van der Waals surface area contributed by atoms with E-state index in [1.54, 1.807) is 0 Å². The summed E-state index contributed by atoms with van der Waals surface area (Å²) in [6.07, 6.45) is 5.06. The minimum absolute atomic E-state index is 0.113. The van der Waals surface area contributed by atoms with Gasteiger partial charge in [0, 0.05) is 6.42 Å². The molecule has 0 atom stereocenters. The van der Waals surface area contributed by atoms with Gasteiger partial charge in [-0.15, -0.1) is 0 Å². The number of hydrogen-bond acceptors (Lipinski definition) is 3. The fourth-order valence-electron chi connectivity index (χ4n) is 1.76. The van der Waals surface area contributed by atoms with Crippen LogP contribution in [-0.2, 0) is 14.8 Å². The summed E-state index contributed by atoms with van der Waals surface area (Å²) in [6.45, 7) is 2.10. The van der Waals surface area contributed by atoms with Crippen molar-refractivity contribution >= 4 is 15.9 Å². The van der Waals surface area contributed by atoms with E-state index in [0.29, 0.717) is 6.42 Å². The van der Waals surface area contributed by atoms with Gasteiger partial charge in [-0.1, -0.05) is 32.6 Å². The molecule has 0 unspecified atom stereocenters. The first-order chi connectivity index (χ1) is 9.45. The molecule has 20 heavy (non-hydrogen) atoms. The maximum absolute atomic E-state index is 12.7. The summed E-state index contributed by atoms with van der Waals surface area (Å²) >= 11 is 0. The number of amides is 1. The molecule has 0 bridgehead atoms. The standard InChI is InChI=1S/C14H20FNO3S/c1-2-3-4-5-6-7-14(17)16-20(18,19)13-10-8-12(15)9-11-13/h8-11H,2-7H2,1H3,(H,16,17). The Balaban J connectivity index is 2.46. The largest absolute Gasteiger partial charge is 0.274 e. The van der Waals surface area contributed by atoms with E-state index in [9.17, 15) is 17.6 Å². The van der Waals surface area contributed by atoms with Gasteiger partial charge in [-0.05, 0) is 30.7 Å². The van der Waals surface area contributed by atoms with E-state index in [-0.39, 0.29) is 11.3 Å². The van der Waals surface area contributed by atoms with Crippen LogP contribution in [0.1, 0.15) is 45.4 Å². The van der Waals surface area contributed by atoms with Crippen LogP contribution >= 0.6 is 0 Å². The summed E-state index contributed by atoms with van der Waals surface area (Å²) in [5.74, 6) is -1.04. The zero-order valence-corrected chi connectivity index (χ0v) is 12.4. The summed E-state index contributed by atoms with van der Waals surface area (Å²) in [5, 5.41) is 0. The number of carbonyl (C=O) groups is 1. The molecule has 0 fully saturated rings. The Kier molecular flexibility index (Phi) is 6.64. The van der Waals surface area contributed by atoms with Crippen LogP contribution in [0.2, 0.25) is 0 Å². The number of unbranched alkanes of at least 4 members (excludes halogenated alkanes) is 4. The Morgan fingerprint density at radius 2 is 1.70 bits per heavy atom. The lowest BCUT2D eigenvalue weighted by molar-refractivity contribution is -0.119. The van der Waals surface area contributed by atoms with Crippen molar-refractivity contribution in [2.24, 2.45) is 0 Å². The maximum Gasteiger partial charge on any atom is 0.264 e. The number of carbonyl (C=O) groups excluding carboxylic acids is 1. The lowest BCUT2D eigenvalue weighted by atomic mass is 10.1. The molecule has 0 aromatic heterocycles. The second-order valence-corrected chi connectivity index (χ2v) is 6.33. The average Bonchev–Trinajstić information content (AvgIpc) is 2.38. The van der Waals surface area contributed by atoms with Crippen LogP contribution in [0.3, 0.4) is 0 Å². The molecule has 0 saturated heterocycles. The van der Waals surface area contributed by atoms with E-state index in [0.717, 1.165) is 49.9 Å². The lowest BCUT2D eigenvalue weighted by Gasteiger charge is -2.06. The van der Waals surface area contributed by atoms with E-state index >= 15 is 0 Å². The minimum atomic E-state index is -3.89. The monoisotopic (exact) mass is 301 g/mol. The smallest absolute Gasteiger partial charge is 0.264 e. The van der Waals surface area contributed by atoms with Gasteiger partial charge in [-0.2, -0.15) is 0 Å². The zero-order chi connectivity index (χ0) is 15.0. The Labute approximate surface area is 119 Å². The Morgan fingerprint density at radius 1 is 1.10 bits per heavy atom. The molecule has 1 rings (SSSR count). The highest BCUT2D eigenvalue weighted by Crippen LogP contribution is 2.10. The molecule has 1 N–H and O–H groups in total. The second kappa shape index (κ2) is 7.99. The minimum Gasteiger partial charge on any atom is -0.274 e. The third-order valence-corrected chi connectivity index (χ3v) is 4.27. The third kappa shape index (κ3) is 5.69. The van der Waals surface area contributed by atoms with Crippen molar-refractivity contribution in [2.45, 2.75) is 50.3 Å². The first-order valence-corrected chi connectivity index (χ1v) is 8.25. The van der Waals surface area contributed by atoms with E-state index in [1.165, 1.54) is 0 Å². The highest BCUT2D eigenvalue weighted by Gasteiger charge is 2.17. The lowest BCUT2D eigenvalue weighted by Crippen LogP contribution is -2.30. The molecule has 0 heterocycles. The SMILES string of the molecule is CCCCCCCC(=O)NS(=O)(=O)c1ccc(F)cc1. The molecule has 1 aromatic rings. The molecule has 112 valence electrons. The summed E-state index contributed by atoms with van der Waals surface area (Å²) in [7, 11) is -3.89. The molecule has 6 heteroatoms. The number of nitrogens with one attached hydrogen (secondary N) is 1. The van der Waals surface area contributed by atoms with Crippen LogP contribution in [-0.4, -0.2) is 14.3 Å². The Morgan fingerprint density at radius 3 is 2.30 bits per heavy atom. The number of sulfonamides is 1. The van der Waals surface area contributed by atoms with Crippen molar-refractivity contribution in [1.82, 2.24) is 4.72 Å². The van der Waals surface area contributed by atoms with Gasteiger partial charge in [0.25, 0.3) is 10.0 Å². The first-order valence-electron chi connectivity index (χ1n) is 6.77. The molecule has 0 radical (unpaired) electrons. The van der Waals surface area contributed by atoms with Crippen LogP contribution in [0, 0.1) is 5.82 Å². The number of halogens is 1. The number of rotatable bonds is 8. The van der Waals surface area contributed by atoms with E-state index in [1.807, 2.05) is 4.72 Å². The molecule has 1 amide bonds. The number of benzene rings is 1. The molecule has 1 aromatic carbocycles. The van der Waals surface area contributed by atoms with Gasteiger partial charge in [-0.3, -0.25) is 4.79 Å². The molecule has 0 spiro atoms. The van der Waals surface area contributed by atoms with E-state index in [2.05, 4.69) is 6.92 Å². The Hall–Kier alpha value is -1.43. The molecule has 4 nitrogen and oxygen atoms in total. The van der Waals surface area contributed by atoms with Crippen molar-refractivity contribution in [3.63, 3.8) is 0 Å². The van der Waals surface area contributed by atoms with Crippen LogP contribution in [0.15, 0.2) is 29.2 Å². The van der Waals surface area contributed by atoms with E-state index < -0.39 is 21.7 Å². The van der Waals surface area contributed by atoms with Crippen molar-refractivity contribution in [3.8, 4) is 0 Å².